The smallest absolute Gasteiger partial charge is 0.234 e. The number of nitrogens with one attached hydrogen (secondary N) is 1. The monoisotopic (exact) mass is 300 g/mol. The normalized spacial score (nSPS) is 12.0. The SMILES string of the molecule is Cc1cc(Br)ccc1OC(C)CCC(=O)NN. The molecule has 1 aromatic carbocycles. The lowest BCUT2D eigenvalue weighted by Gasteiger charge is -2.16. The highest BCUT2D eigenvalue weighted by Gasteiger charge is 2.09. The molecule has 0 fully saturated rings. The molecule has 0 radical (unpaired) electrons. The Labute approximate surface area is 110 Å². The average Bonchev–Trinajstić information content (AvgIpc) is 2.29. The Morgan fingerprint density at radius 3 is 2.88 bits per heavy atom. The average molecular weight is 301 g/mol. The maximum absolute atomic E-state index is 11.0. The highest BCUT2D eigenvalue weighted by atomic mass is 79.9. The minimum absolute atomic E-state index is 0.0211. The zero-order chi connectivity index (χ0) is 12.8. The number of hydrogen-bond acceptors (Lipinski definition) is 3. The summed E-state index contributed by atoms with van der Waals surface area (Å²) in [5.41, 5.74) is 3.17. The molecule has 4 nitrogen and oxygen atoms in total. The third kappa shape index (κ3) is 4.75. The summed E-state index contributed by atoms with van der Waals surface area (Å²) in [7, 11) is 0. The van der Waals surface area contributed by atoms with Gasteiger partial charge in [0.05, 0.1) is 6.10 Å². The number of rotatable bonds is 5. The van der Waals surface area contributed by atoms with Crippen LogP contribution in [0, 0.1) is 6.92 Å². The second kappa shape index (κ2) is 6.61. The van der Waals surface area contributed by atoms with Crippen molar-refractivity contribution in [1.29, 1.82) is 0 Å². The Hall–Kier alpha value is -1.07. The van der Waals surface area contributed by atoms with Crippen LogP contribution in [-0.4, -0.2) is 12.0 Å². The van der Waals surface area contributed by atoms with E-state index >= 15 is 0 Å². The number of hydrogen-bond donors (Lipinski definition) is 2. The molecule has 0 heterocycles. The molecule has 1 amide bonds. The van der Waals surface area contributed by atoms with Crippen molar-refractivity contribution in [3.63, 3.8) is 0 Å². The summed E-state index contributed by atoms with van der Waals surface area (Å²) in [4.78, 5) is 11.0. The van der Waals surface area contributed by atoms with E-state index in [-0.39, 0.29) is 12.0 Å². The van der Waals surface area contributed by atoms with E-state index in [1.807, 2.05) is 32.0 Å². The van der Waals surface area contributed by atoms with E-state index in [1.165, 1.54) is 0 Å². The first-order valence-corrected chi connectivity index (χ1v) is 6.24. The van der Waals surface area contributed by atoms with Gasteiger partial charge in [0.2, 0.25) is 5.91 Å². The van der Waals surface area contributed by atoms with Crippen LogP contribution in [0.15, 0.2) is 22.7 Å². The Kier molecular flexibility index (Phi) is 5.44. The molecule has 0 aliphatic rings. The van der Waals surface area contributed by atoms with Crippen LogP contribution in [0.5, 0.6) is 5.75 Å². The van der Waals surface area contributed by atoms with Crippen molar-refractivity contribution in [1.82, 2.24) is 5.43 Å². The summed E-state index contributed by atoms with van der Waals surface area (Å²) in [5.74, 6) is 5.67. The van der Waals surface area contributed by atoms with Gasteiger partial charge in [-0.05, 0) is 44.0 Å². The lowest BCUT2D eigenvalue weighted by atomic mass is 10.2. The van der Waals surface area contributed by atoms with E-state index < -0.39 is 0 Å². The molecule has 5 heteroatoms. The van der Waals surface area contributed by atoms with Crippen molar-refractivity contribution in [3.8, 4) is 5.75 Å². The van der Waals surface area contributed by atoms with Crippen LogP contribution in [0.4, 0.5) is 0 Å². The number of aryl methyl sites for hydroxylation is 1. The van der Waals surface area contributed by atoms with Gasteiger partial charge in [0, 0.05) is 10.9 Å². The molecule has 0 aliphatic heterocycles. The van der Waals surface area contributed by atoms with E-state index in [0.29, 0.717) is 12.8 Å². The molecule has 17 heavy (non-hydrogen) atoms. The molecule has 0 aliphatic carbocycles. The lowest BCUT2D eigenvalue weighted by molar-refractivity contribution is -0.121. The topological polar surface area (TPSA) is 64.3 Å². The Balaban J connectivity index is 2.50. The number of nitrogens with two attached hydrogens (primary N) is 1. The Morgan fingerprint density at radius 1 is 1.59 bits per heavy atom. The van der Waals surface area contributed by atoms with Crippen LogP contribution in [0.25, 0.3) is 0 Å². The zero-order valence-electron chi connectivity index (χ0n) is 10.00. The Morgan fingerprint density at radius 2 is 2.29 bits per heavy atom. The van der Waals surface area contributed by atoms with Gasteiger partial charge in [-0.25, -0.2) is 5.84 Å². The first-order chi connectivity index (χ1) is 8.02. The van der Waals surface area contributed by atoms with E-state index in [2.05, 4.69) is 21.4 Å². The lowest BCUT2D eigenvalue weighted by Crippen LogP contribution is -2.30. The van der Waals surface area contributed by atoms with Gasteiger partial charge in [0.25, 0.3) is 0 Å². The summed E-state index contributed by atoms with van der Waals surface area (Å²) in [6, 6.07) is 5.84. The minimum Gasteiger partial charge on any atom is -0.490 e. The third-order valence-corrected chi connectivity index (χ3v) is 2.90. The van der Waals surface area contributed by atoms with Crippen molar-refractivity contribution < 1.29 is 9.53 Å². The Bertz CT molecular complexity index is 396. The number of benzene rings is 1. The van der Waals surface area contributed by atoms with Gasteiger partial charge in [-0.15, -0.1) is 0 Å². The first-order valence-electron chi connectivity index (χ1n) is 5.45. The molecule has 3 N–H and O–H groups in total. The number of carbonyl (C=O) groups excluding carboxylic acids is 1. The molecule has 1 unspecified atom stereocenters. The molecular formula is C12H17BrN2O2. The highest BCUT2D eigenvalue weighted by molar-refractivity contribution is 9.10. The molecule has 1 rings (SSSR count). The fraction of sp³-hybridized carbons (Fsp3) is 0.417. The van der Waals surface area contributed by atoms with Crippen molar-refractivity contribution in [3.05, 3.63) is 28.2 Å². The number of carbonyl (C=O) groups is 1. The van der Waals surface area contributed by atoms with Crippen molar-refractivity contribution >= 4 is 21.8 Å². The van der Waals surface area contributed by atoms with Crippen LogP contribution < -0.4 is 16.0 Å². The second-order valence-corrected chi connectivity index (χ2v) is 4.86. The summed E-state index contributed by atoms with van der Waals surface area (Å²) in [5, 5.41) is 0. The number of halogens is 1. The molecule has 0 saturated carbocycles. The maximum Gasteiger partial charge on any atom is 0.234 e. The van der Waals surface area contributed by atoms with Gasteiger partial charge in [-0.3, -0.25) is 10.2 Å². The summed E-state index contributed by atoms with van der Waals surface area (Å²) >= 11 is 3.40. The molecule has 1 atom stereocenters. The summed E-state index contributed by atoms with van der Waals surface area (Å²) in [6.45, 7) is 3.92. The van der Waals surface area contributed by atoms with Gasteiger partial charge in [-0.1, -0.05) is 15.9 Å². The fourth-order valence-electron chi connectivity index (χ4n) is 1.43. The van der Waals surface area contributed by atoms with Crippen LogP contribution in [0.2, 0.25) is 0 Å². The standard InChI is InChI=1S/C12H17BrN2O2/c1-8-7-10(13)4-5-11(8)17-9(2)3-6-12(16)15-14/h4-5,7,9H,3,6,14H2,1-2H3,(H,15,16). The molecule has 0 aromatic heterocycles. The van der Waals surface area contributed by atoms with Gasteiger partial charge in [0.15, 0.2) is 0 Å². The first kappa shape index (κ1) is 14.0. The van der Waals surface area contributed by atoms with Gasteiger partial charge in [-0.2, -0.15) is 0 Å². The van der Waals surface area contributed by atoms with E-state index in [4.69, 9.17) is 10.6 Å². The van der Waals surface area contributed by atoms with Crippen LogP contribution in [0.1, 0.15) is 25.3 Å². The number of hydrazine groups is 1. The van der Waals surface area contributed by atoms with Crippen LogP contribution in [-0.2, 0) is 4.79 Å². The molecule has 0 spiro atoms. The molecule has 94 valence electrons. The van der Waals surface area contributed by atoms with E-state index in [9.17, 15) is 4.79 Å². The van der Waals surface area contributed by atoms with Crippen molar-refractivity contribution in [2.24, 2.45) is 5.84 Å². The largest absolute Gasteiger partial charge is 0.490 e. The third-order valence-electron chi connectivity index (χ3n) is 2.40. The predicted molar refractivity (Wildman–Crippen MR) is 70.5 cm³/mol. The highest BCUT2D eigenvalue weighted by Crippen LogP contribution is 2.23. The van der Waals surface area contributed by atoms with Crippen molar-refractivity contribution in [2.75, 3.05) is 0 Å². The van der Waals surface area contributed by atoms with E-state index in [1.54, 1.807) is 0 Å². The maximum atomic E-state index is 11.0. The molecule has 1 aromatic rings. The van der Waals surface area contributed by atoms with Crippen molar-refractivity contribution in [2.45, 2.75) is 32.8 Å². The van der Waals surface area contributed by atoms with Gasteiger partial charge in [0.1, 0.15) is 5.75 Å². The molecule has 0 bridgehead atoms. The predicted octanol–water partition coefficient (Wildman–Crippen LogP) is 2.29. The van der Waals surface area contributed by atoms with Gasteiger partial charge >= 0.3 is 0 Å². The molecular weight excluding hydrogens is 284 g/mol. The minimum atomic E-state index is -0.173. The number of ether oxygens (including phenoxy) is 1. The van der Waals surface area contributed by atoms with Crippen LogP contribution in [0.3, 0.4) is 0 Å². The quantitative estimate of drug-likeness (QED) is 0.498. The van der Waals surface area contributed by atoms with E-state index in [0.717, 1.165) is 15.8 Å². The fourth-order valence-corrected chi connectivity index (χ4v) is 1.90. The van der Waals surface area contributed by atoms with Gasteiger partial charge < -0.3 is 4.74 Å². The number of amides is 1. The second-order valence-electron chi connectivity index (χ2n) is 3.94. The molecule has 0 saturated heterocycles. The summed E-state index contributed by atoms with van der Waals surface area (Å²) in [6.07, 6.45) is 0.985. The summed E-state index contributed by atoms with van der Waals surface area (Å²) < 4.78 is 6.78. The van der Waals surface area contributed by atoms with Crippen LogP contribution >= 0.6 is 15.9 Å². The zero-order valence-corrected chi connectivity index (χ0v) is 11.6.